The van der Waals surface area contributed by atoms with Gasteiger partial charge in [0, 0.05) is 6.54 Å². The van der Waals surface area contributed by atoms with Crippen molar-refractivity contribution in [2.45, 2.75) is 32.8 Å². The SMILES string of the molecule is CNCC(C)CN1CCC(C(C)O)CC1. The fourth-order valence-electron chi connectivity index (χ4n) is 2.47. The first-order valence-corrected chi connectivity index (χ1v) is 6.18. The van der Waals surface area contributed by atoms with Crippen LogP contribution in [0.4, 0.5) is 0 Å². The number of rotatable bonds is 5. The molecule has 3 nitrogen and oxygen atoms in total. The molecule has 2 unspecified atom stereocenters. The van der Waals surface area contributed by atoms with Crippen molar-refractivity contribution in [1.82, 2.24) is 10.2 Å². The first-order chi connectivity index (χ1) is 7.13. The van der Waals surface area contributed by atoms with Crippen LogP contribution in [0.5, 0.6) is 0 Å². The summed E-state index contributed by atoms with van der Waals surface area (Å²) in [6.45, 7) is 8.80. The van der Waals surface area contributed by atoms with Gasteiger partial charge in [-0.15, -0.1) is 0 Å². The lowest BCUT2D eigenvalue weighted by atomic mass is 9.92. The van der Waals surface area contributed by atoms with Crippen molar-refractivity contribution in [2.75, 3.05) is 33.2 Å². The third-order valence-corrected chi connectivity index (χ3v) is 3.44. The van der Waals surface area contributed by atoms with Crippen LogP contribution in [0.25, 0.3) is 0 Å². The Morgan fingerprint density at radius 1 is 1.33 bits per heavy atom. The smallest absolute Gasteiger partial charge is 0.0541 e. The van der Waals surface area contributed by atoms with Crippen LogP contribution >= 0.6 is 0 Å². The highest BCUT2D eigenvalue weighted by Gasteiger charge is 2.23. The summed E-state index contributed by atoms with van der Waals surface area (Å²) >= 11 is 0. The molecule has 15 heavy (non-hydrogen) atoms. The number of hydrogen-bond acceptors (Lipinski definition) is 3. The van der Waals surface area contributed by atoms with E-state index < -0.39 is 0 Å². The molecule has 1 rings (SSSR count). The summed E-state index contributed by atoms with van der Waals surface area (Å²) in [6.07, 6.45) is 2.19. The van der Waals surface area contributed by atoms with E-state index in [0.717, 1.165) is 38.4 Å². The minimum Gasteiger partial charge on any atom is -0.393 e. The van der Waals surface area contributed by atoms with E-state index in [9.17, 15) is 5.11 Å². The Labute approximate surface area is 93.9 Å². The van der Waals surface area contributed by atoms with E-state index >= 15 is 0 Å². The Kier molecular flexibility index (Phi) is 5.58. The molecule has 0 aromatic rings. The van der Waals surface area contributed by atoms with Gasteiger partial charge in [-0.3, -0.25) is 0 Å². The van der Waals surface area contributed by atoms with Gasteiger partial charge in [-0.2, -0.15) is 0 Å². The molecule has 2 atom stereocenters. The third kappa shape index (κ3) is 4.49. The van der Waals surface area contributed by atoms with Gasteiger partial charge < -0.3 is 15.3 Å². The van der Waals surface area contributed by atoms with Crippen molar-refractivity contribution < 1.29 is 5.11 Å². The van der Waals surface area contributed by atoms with E-state index in [1.165, 1.54) is 6.54 Å². The maximum absolute atomic E-state index is 9.50. The Morgan fingerprint density at radius 3 is 2.40 bits per heavy atom. The van der Waals surface area contributed by atoms with Crippen molar-refractivity contribution in [3.8, 4) is 0 Å². The molecule has 1 aliphatic rings. The molecule has 0 bridgehead atoms. The number of likely N-dealkylation sites (tertiary alicyclic amines) is 1. The molecular weight excluding hydrogens is 188 g/mol. The molecular formula is C12H26N2O. The lowest BCUT2D eigenvalue weighted by molar-refractivity contribution is 0.0674. The number of piperidine rings is 1. The fourth-order valence-corrected chi connectivity index (χ4v) is 2.47. The van der Waals surface area contributed by atoms with E-state index in [1.807, 2.05) is 14.0 Å². The summed E-state index contributed by atoms with van der Waals surface area (Å²) in [7, 11) is 2.01. The second-order valence-electron chi connectivity index (χ2n) is 5.04. The van der Waals surface area contributed by atoms with Crippen LogP contribution < -0.4 is 5.32 Å². The van der Waals surface area contributed by atoms with Crippen LogP contribution in [0.3, 0.4) is 0 Å². The average Bonchev–Trinajstić information content (AvgIpc) is 2.18. The molecule has 90 valence electrons. The first kappa shape index (κ1) is 12.9. The van der Waals surface area contributed by atoms with Gasteiger partial charge >= 0.3 is 0 Å². The molecule has 0 amide bonds. The van der Waals surface area contributed by atoms with E-state index in [-0.39, 0.29) is 6.10 Å². The minimum absolute atomic E-state index is 0.123. The van der Waals surface area contributed by atoms with Crippen LogP contribution in [-0.2, 0) is 0 Å². The van der Waals surface area contributed by atoms with Gasteiger partial charge in [-0.25, -0.2) is 0 Å². The molecule has 0 radical (unpaired) electrons. The minimum atomic E-state index is -0.123. The maximum atomic E-state index is 9.50. The Balaban J connectivity index is 2.19. The van der Waals surface area contributed by atoms with Gasteiger partial charge in [-0.1, -0.05) is 6.92 Å². The number of nitrogens with zero attached hydrogens (tertiary/aromatic N) is 1. The topological polar surface area (TPSA) is 35.5 Å². The predicted molar refractivity (Wildman–Crippen MR) is 63.9 cm³/mol. The van der Waals surface area contributed by atoms with E-state index in [1.54, 1.807) is 0 Å². The standard InChI is InChI=1S/C12H26N2O/c1-10(8-13-3)9-14-6-4-12(5-7-14)11(2)15/h10-13,15H,4-9H2,1-3H3. The molecule has 1 saturated heterocycles. The first-order valence-electron chi connectivity index (χ1n) is 6.18. The lowest BCUT2D eigenvalue weighted by Gasteiger charge is -2.34. The van der Waals surface area contributed by atoms with Crippen molar-refractivity contribution in [3.63, 3.8) is 0 Å². The summed E-state index contributed by atoms with van der Waals surface area (Å²) in [5.41, 5.74) is 0. The molecule has 3 heteroatoms. The molecule has 1 fully saturated rings. The summed E-state index contributed by atoms with van der Waals surface area (Å²) in [5.74, 6) is 1.25. The largest absolute Gasteiger partial charge is 0.393 e. The van der Waals surface area contributed by atoms with E-state index in [4.69, 9.17) is 0 Å². The summed E-state index contributed by atoms with van der Waals surface area (Å²) in [6, 6.07) is 0. The molecule has 0 aliphatic carbocycles. The van der Waals surface area contributed by atoms with Crippen LogP contribution in [-0.4, -0.2) is 49.3 Å². The second-order valence-corrected chi connectivity index (χ2v) is 5.04. The molecule has 0 spiro atoms. The second kappa shape index (κ2) is 6.46. The third-order valence-electron chi connectivity index (χ3n) is 3.44. The molecule has 2 N–H and O–H groups in total. The zero-order chi connectivity index (χ0) is 11.3. The maximum Gasteiger partial charge on any atom is 0.0541 e. The van der Waals surface area contributed by atoms with Crippen molar-refractivity contribution in [3.05, 3.63) is 0 Å². The summed E-state index contributed by atoms with van der Waals surface area (Å²) in [5, 5.41) is 12.7. The van der Waals surface area contributed by atoms with Gasteiger partial charge in [0.2, 0.25) is 0 Å². The quantitative estimate of drug-likeness (QED) is 0.715. The highest BCUT2D eigenvalue weighted by Crippen LogP contribution is 2.20. The van der Waals surface area contributed by atoms with Crippen LogP contribution in [0.15, 0.2) is 0 Å². The zero-order valence-electron chi connectivity index (χ0n) is 10.4. The normalized spacial score (nSPS) is 24.0. The number of hydrogen-bond donors (Lipinski definition) is 2. The fraction of sp³-hybridized carbons (Fsp3) is 1.00. The zero-order valence-corrected chi connectivity index (χ0v) is 10.4. The van der Waals surface area contributed by atoms with Crippen LogP contribution in [0, 0.1) is 11.8 Å². The molecule has 0 aromatic heterocycles. The van der Waals surface area contributed by atoms with Crippen molar-refractivity contribution in [2.24, 2.45) is 11.8 Å². The van der Waals surface area contributed by atoms with Gasteiger partial charge in [0.1, 0.15) is 0 Å². The highest BCUT2D eigenvalue weighted by molar-refractivity contribution is 4.76. The van der Waals surface area contributed by atoms with Gasteiger partial charge in [-0.05, 0) is 58.3 Å². The Morgan fingerprint density at radius 2 is 1.93 bits per heavy atom. The van der Waals surface area contributed by atoms with Crippen LogP contribution in [0.2, 0.25) is 0 Å². The van der Waals surface area contributed by atoms with E-state index in [0.29, 0.717) is 5.92 Å². The Hall–Kier alpha value is -0.120. The number of nitrogens with one attached hydrogen (secondary N) is 1. The van der Waals surface area contributed by atoms with Crippen LogP contribution in [0.1, 0.15) is 26.7 Å². The van der Waals surface area contributed by atoms with E-state index in [2.05, 4.69) is 17.1 Å². The number of aliphatic hydroxyl groups is 1. The molecule has 0 saturated carbocycles. The van der Waals surface area contributed by atoms with Crippen molar-refractivity contribution >= 4 is 0 Å². The summed E-state index contributed by atoms with van der Waals surface area (Å²) in [4.78, 5) is 2.53. The summed E-state index contributed by atoms with van der Waals surface area (Å²) < 4.78 is 0. The molecule has 1 aliphatic heterocycles. The average molecular weight is 214 g/mol. The molecule has 0 aromatic carbocycles. The number of aliphatic hydroxyl groups excluding tert-OH is 1. The Bertz CT molecular complexity index is 165. The highest BCUT2D eigenvalue weighted by atomic mass is 16.3. The van der Waals surface area contributed by atoms with Gasteiger partial charge in [0.15, 0.2) is 0 Å². The van der Waals surface area contributed by atoms with Gasteiger partial charge in [0.05, 0.1) is 6.10 Å². The lowest BCUT2D eigenvalue weighted by Crippen LogP contribution is -2.40. The van der Waals surface area contributed by atoms with Crippen molar-refractivity contribution in [1.29, 1.82) is 0 Å². The monoisotopic (exact) mass is 214 g/mol. The predicted octanol–water partition coefficient (Wildman–Crippen LogP) is 0.935. The molecule has 1 heterocycles. The van der Waals surface area contributed by atoms with Gasteiger partial charge in [0.25, 0.3) is 0 Å².